The SMILES string of the molecule is COc1ccc2cc(C(C)C(=O)N3CCN(C=O)CC3)ccc2c1. The maximum Gasteiger partial charge on any atom is 0.229 e. The third kappa shape index (κ3) is 3.20. The number of hydrogen-bond acceptors (Lipinski definition) is 3. The quantitative estimate of drug-likeness (QED) is 0.810. The Kier molecular flexibility index (Phi) is 4.69. The Balaban J connectivity index is 1.76. The molecule has 1 fully saturated rings. The minimum atomic E-state index is -0.195. The summed E-state index contributed by atoms with van der Waals surface area (Å²) >= 11 is 0. The minimum Gasteiger partial charge on any atom is -0.497 e. The Morgan fingerprint density at radius 3 is 2.42 bits per heavy atom. The standard InChI is InChI=1S/C19H22N2O3/c1-14(19(23)21-9-7-20(13-22)8-10-21)15-3-4-17-12-18(24-2)6-5-16(17)11-15/h3-6,11-14H,7-10H2,1-2H3. The summed E-state index contributed by atoms with van der Waals surface area (Å²) in [6.45, 7) is 4.37. The monoisotopic (exact) mass is 326 g/mol. The van der Waals surface area contributed by atoms with Gasteiger partial charge < -0.3 is 14.5 Å². The van der Waals surface area contributed by atoms with Crippen LogP contribution < -0.4 is 4.74 Å². The van der Waals surface area contributed by atoms with Crippen LogP contribution in [0.5, 0.6) is 5.75 Å². The molecule has 0 aliphatic carbocycles. The second-order valence-corrected chi connectivity index (χ2v) is 6.16. The highest BCUT2D eigenvalue weighted by Gasteiger charge is 2.25. The number of amides is 2. The van der Waals surface area contributed by atoms with Crippen molar-refractivity contribution in [3.05, 3.63) is 42.0 Å². The summed E-state index contributed by atoms with van der Waals surface area (Å²) in [5.41, 5.74) is 1.01. The van der Waals surface area contributed by atoms with Crippen molar-refractivity contribution < 1.29 is 14.3 Å². The highest BCUT2D eigenvalue weighted by Crippen LogP contribution is 2.26. The second-order valence-electron chi connectivity index (χ2n) is 6.16. The lowest BCUT2D eigenvalue weighted by Crippen LogP contribution is -2.49. The molecule has 24 heavy (non-hydrogen) atoms. The van der Waals surface area contributed by atoms with Gasteiger partial charge in [-0.15, -0.1) is 0 Å². The predicted molar refractivity (Wildman–Crippen MR) is 93.1 cm³/mol. The van der Waals surface area contributed by atoms with Crippen LogP contribution in [0.1, 0.15) is 18.4 Å². The lowest BCUT2D eigenvalue weighted by Gasteiger charge is -2.34. The van der Waals surface area contributed by atoms with Crippen LogP contribution in [0.25, 0.3) is 10.8 Å². The number of fused-ring (bicyclic) bond motifs is 1. The lowest BCUT2D eigenvalue weighted by molar-refractivity contribution is -0.136. The molecule has 3 rings (SSSR count). The van der Waals surface area contributed by atoms with Crippen molar-refractivity contribution in [3.63, 3.8) is 0 Å². The number of hydrogen-bond donors (Lipinski definition) is 0. The Morgan fingerprint density at radius 1 is 1.08 bits per heavy atom. The molecule has 0 N–H and O–H groups in total. The maximum absolute atomic E-state index is 12.7. The van der Waals surface area contributed by atoms with E-state index in [1.165, 1.54) is 0 Å². The molecule has 0 radical (unpaired) electrons. The van der Waals surface area contributed by atoms with Crippen LogP contribution in [-0.4, -0.2) is 55.4 Å². The zero-order valence-corrected chi connectivity index (χ0v) is 14.1. The Hall–Kier alpha value is -2.56. The number of piperazine rings is 1. The molecule has 1 unspecified atom stereocenters. The van der Waals surface area contributed by atoms with Crippen molar-refractivity contribution >= 4 is 23.1 Å². The third-order valence-corrected chi connectivity index (χ3v) is 4.72. The topological polar surface area (TPSA) is 49.9 Å². The average molecular weight is 326 g/mol. The van der Waals surface area contributed by atoms with E-state index < -0.39 is 0 Å². The van der Waals surface area contributed by atoms with Gasteiger partial charge >= 0.3 is 0 Å². The van der Waals surface area contributed by atoms with Crippen LogP contribution in [-0.2, 0) is 9.59 Å². The van der Waals surface area contributed by atoms with E-state index in [-0.39, 0.29) is 11.8 Å². The normalized spacial score (nSPS) is 16.1. The molecule has 0 bridgehead atoms. The minimum absolute atomic E-state index is 0.119. The number of methoxy groups -OCH3 is 1. The van der Waals surface area contributed by atoms with E-state index in [2.05, 4.69) is 6.07 Å². The van der Waals surface area contributed by atoms with E-state index in [0.717, 1.165) is 28.5 Å². The van der Waals surface area contributed by atoms with Crippen LogP contribution in [0, 0.1) is 0 Å². The van der Waals surface area contributed by atoms with Gasteiger partial charge in [-0.2, -0.15) is 0 Å². The summed E-state index contributed by atoms with van der Waals surface area (Å²) in [5, 5.41) is 2.19. The molecule has 2 aromatic rings. The smallest absolute Gasteiger partial charge is 0.229 e. The fourth-order valence-corrected chi connectivity index (χ4v) is 3.10. The molecule has 126 valence electrons. The highest BCUT2D eigenvalue weighted by molar-refractivity contribution is 5.88. The molecular formula is C19H22N2O3. The van der Waals surface area contributed by atoms with Crippen LogP contribution in [0.2, 0.25) is 0 Å². The number of rotatable bonds is 4. The first-order chi connectivity index (χ1) is 11.6. The Bertz CT molecular complexity index is 751. The lowest BCUT2D eigenvalue weighted by atomic mass is 9.96. The van der Waals surface area contributed by atoms with E-state index in [9.17, 15) is 9.59 Å². The van der Waals surface area contributed by atoms with Gasteiger partial charge in [-0.1, -0.05) is 24.3 Å². The summed E-state index contributed by atoms with van der Waals surface area (Å²) in [6.07, 6.45) is 0.850. The molecule has 1 aliphatic heterocycles. The number of carbonyl (C=O) groups is 2. The fourth-order valence-electron chi connectivity index (χ4n) is 3.10. The van der Waals surface area contributed by atoms with Gasteiger partial charge in [-0.25, -0.2) is 0 Å². The number of carbonyl (C=O) groups excluding carboxylic acids is 2. The van der Waals surface area contributed by atoms with Crippen molar-refractivity contribution in [2.75, 3.05) is 33.3 Å². The largest absolute Gasteiger partial charge is 0.497 e. The molecule has 0 saturated carbocycles. The van der Waals surface area contributed by atoms with E-state index in [1.54, 1.807) is 12.0 Å². The van der Waals surface area contributed by atoms with Gasteiger partial charge in [0, 0.05) is 26.2 Å². The summed E-state index contributed by atoms with van der Waals surface area (Å²) in [5.74, 6) is 0.750. The first kappa shape index (κ1) is 16.3. The third-order valence-electron chi connectivity index (χ3n) is 4.72. The zero-order valence-electron chi connectivity index (χ0n) is 14.1. The predicted octanol–water partition coefficient (Wildman–Crippen LogP) is 2.25. The molecule has 0 spiro atoms. The number of ether oxygens (including phenoxy) is 1. The van der Waals surface area contributed by atoms with Crippen molar-refractivity contribution in [2.24, 2.45) is 0 Å². The van der Waals surface area contributed by atoms with Crippen molar-refractivity contribution in [3.8, 4) is 5.75 Å². The first-order valence-electron chi connectivity index (χ1n) is 8.18. The molecule has 5 nitrogen and oxygen atoms in total. The van der Waals surface area contributed by atoms with Gasteiger partial charge in [0.25, 0.3) is 0 Å². The van der Waals surface area contributed by atoms with Crippen LogP contribution >= 0.6 is 0 Å². The molecule has 1 atom stereocenters. The average Bonchev–Trinajstić information content (AvgIpc) is 2.66. The van der Waals surface area contributed by atoms with E-state index in [1.807, 2.05) is 42.2 Å². The van der Waals surface area contributed by atoms with Crippen molar-refractivity contribution in [1.29, 1.82) is 0 Å². The molecule has 1 heterocycles. The van der Waals surface area contributed by atoms with Crippen LogP contribution in [0.4, 0.5) is 0 Å². The number of nitrogens with zero attached hydrogens (tertiary/aromatic N) is 2. The molecule has 1 saturated heterocycles. The van der Waals surface area contributed by atoms with E-state index in [0.29, 0.717) is 26.2 Å². The van der Waals surface area contributed by atoms with E-state index in [4.69, 9.17) is 4.74 Å². The summed E-state index contributed by atoms with van der Waals surface area (Å²) in [4.78, 5) is 27.1. The summed E-state index contributed by atoms with van der Waals surface area (Å²) in [7, 11) is 1.65. The van der Waals surface area contributed by atoms with Crippen molar-refractivity contribution in [1.82, 2.24) is 9.80 Å². The second kappa shape index (κ2) is 6.91. The molecule has 2 aromatic carbocycles. The molecule has 1 aliphatic rings. The van der Waals surface area contributed by atoms with Crippen LogP contribution in [0.15, 0.2) is 36.4 Å². The molecular weight excluding hydrogens is 304 g/mol. The van der Waals surface area contributed by atoms with Crippen LogP contribution in [0.3, 0.4) is 0 Å². The van der Waals surface area contributed by atoms with Gasteiger partial charge in [0.1, 0.15) is 5.75 Å². The molecule has 2 amide bonds. The summed E-state index contributed by atoms with van der Waals surface area (Å²) < 4.78 is 5.25. The van der Waals surface area contributed by atoms with Crippen molar-refractivity contribution in [2.45, 2.75) is 12.8 Å². The van der Waals surface area contributed by atoms with Gasteiger partial charge in [-0.05, 0) is 35.4 Å². The molecule has 5 heteroatoms. The van der Waals surface area contributed by atoms with Gasteiger partial charge in [0.15, 0.2) is 0 Å². The Labute approximate surface area is 141 Å². The highest BCUT2D eigenvalue weighted by atomic mass is 16.5. The zero-order chi connectivity index (χ0) is 17.1. The van der Waals surface area contributed by atoms with Gasteiger partial charge in [0.2, 0.25) is 12.3 Å². The Morgan fingerprint density at radius 2 is 1.75 bits per heavy atom. The molecule has 0 aromatic heterocycles. The maximum atomic E-state index is 12.7. The number of benzene rings is 2. The van der Waals surface area contributed by atoms with Gasteiger partial charge in [-0.3, -0.25) is 9.59 Å². The summed E-state index contributed by atoms with van der Waals surface area (Å²) in [6, 6.07) is 12.0. The van der Waals surface area contributed by atoms with E-state index >= 15 is 0 Å². The van der Waals surface area contributed by atoms with Gasteiger partial charge in [0.05, 0.1) is 13.0 Å². The fraction of sp³-hybridized carbons (Fsp3) is 0.368. The first-order valence-corrected chi connectivity index (χ1v) is 8.18.